The Morgan fingerprint density at radius 2 is 1.69 bits per heavy atom. The Labute approximate surface area is 153 Å². The number of carbonyl (C=O) groups is 1. The second-order valence-electron chi connectivity index (χ2n) is 6.35. The average molecular weight is 356 g/mol. The van der Waals surface area contributed by atoms with Gasteiger partial charge in [0.05, 0.1) is 17.1 Å². The molecule has 26 heavy (non-hydrogen) atoms. The van der Waals surface area contributed by atoms with Crippen molar-refractivity contribution in [2.24, 2.45) is 5.92 Å². The minimum atomic E-state index is -0.437. The van der Waals surface area contributed by atoms with Crippen LogP contribution < -0.4 is 5.32 Å². The Morgan fingerprint density at radius 3 is 2.23 bits per heavy atom. The molecule has 2 aromatic rings. The van der Waals surface area contributed by atoms with Crippen LogP contribution in [-0.4, -0.2) is 17.5 Å². The summed E-state index contributed by atoms with van der Waals surface area (Å²) in [6, 6.07) is 13.1. The molecule has 0 bridgehead atoms. The van der Waals surface area contributed by atoms with E-state index in [0.717, 1.165) is 30.6 Å². The molecule has 1 N–H and O–H groups in total. The molecule has 0 amide bonds. The fraction of sp³-hybridized carbons (Fsp3) is 0.350. The zero-order chi connectivity index (χ0) is 18.9. The van der Waals surface area contributed by atoms with Crippen molar-refractivity contribution in [2.75, 3.05) is 11.9 Å². The van der Waals surface area contributed by atoms with Gasteiger partial charge in [-0.3, -0.25) is 10.1 Å². The number of nitro groups is 1. The van der Waals surface area contributed by atoms with E-state index in [1.165, 1.54) is 12.1 Å². The van der Waals surface area contributed by atoms with Crippen molar-refractivity contribution in [3.05, 3.63) is 64.2 Å². The van der Waals surface area contributed by atoms with Crippen molar-refractivity contribution >= 4 is 23.0 Å². The van der Waals surface area contributed by atoms with E-state index in [1.807, 2.05) is 0 Å². The summed E-state index contributed by atoms with van der Waals surface area (Å²) >= 11 is 0. The number of ether oxygens (including phenoxy) is 1. The number of benzene rings is 2. The highest BCUT2D eigenvalue weighted by atomic mass is 16.6. The number of anilines is 2. The number of carbonyl (C=O) groups excluding carboxylic acids is 1. The number of esters is 1. The molecule has 2 aromatic carbocycles. The molecule has 0 aromatic heterocycles. The quantitative estimate of drug-likeness (QED) is 0.373. The van der Waals surface area contributed by atoms with E-state index in [9.17, 15) is 14.9 Å². The molecule has 2 rings (SSSR count). The fourth-order valence-corrected chi connectivity index (χ4v) is 2.46. The van der Waals surface area contributed by atoms with Crippen LogP contribution in [0, 0.1) is 16.0 Å². The number of hydrogen-bond donors (Lipinski definition) is 1. The number of nitro benzene ring substituents is 1. The summed E-state index contributed by atoms with van der Waals surface area (Å²) in [5.74, 6) is 0.0391. The van der Waals surface area contributed by atoms with Gasteiger partial charge in [-0.05, 0) is 48.7 Å². The van der Waals surface area contributed by atoms with E-state index in [0.29, 0.717) is 18.1 Å². The molecule has 0 aliphatic heterocycles. The fourth-order valence-electron chi connectivity index (χ4n) is 2.46. The number of nitrogens with one attached hydrogen (secondary N) is 1. The summed E-state index contributed by atoms with van der Waals surface area (Å²) in [7, 11) is 0. The Bertz CT molecular complexity index is 726. The van der Waals surface area contributed by atoms with Gasteiger partial charge < -0.3 is 10.1 Å². The van der Waals surface area contributed by atoms with Gasteiger partial charge in [0.15, 0.2) is 0 Å². The van der Waals surface area contributed by atoms with Crippen LogP contribution in [0.15, 0.2) is 48.5 Å². The molecule has 0 saturated carbocycles. The first-order valence-corrected chi connectivity index (χ1v) is 8.78. The van der Waals surface area contributed by atoms with Crippen LogP contribution in [0.1, 0.15) is 43.5 Å². The molecule has 1 atom stereocenters. The molecule has 1 unspecified atom stereocenters. The van der Waals surface area contributed by atoms with E-state index >= 15 is 0 Å². The zero-order valence-corrected chi connectivity index (χ0v) is 15.1. The number of hydrogen-bond acceptors (Lipinski definition) is 5. The van der Waals surface area contributed by atoms with Gasteiger partial charge in [0.25, 0.3) is 5.69 Å². The first-order valence-electron chi connectivity index (χ1n) is 8.78. The molecule has 0 radical (unpaired) electrons. The van der Waals surface area contributed by atoms with Gasteiger partial charge in [-0.25, -0.2) is 4.79 Å². The number of nitrogens with zero attached hydrogens (tertiary/aromatic N) is 1. The monoisotopic (exact) mass is 356 g/mol. The Kier molecular flexibility index (Phi) is 7.14. The highest BCUT2D eigenvalue weighted by Crippen LogP contribution is 2.20. The summed E-state index contributed by atoms with van der Waals surface area (Å²) in [6.07, 6.45) is 3.34. The lowest BCUT2D eigenvalue weighted by Crippen LogP contribution is -2.12. The molecule has 6 nitrogen and oxygen atoms in total. The van der Waals surface area contributed by atoms with Gasteiger partial charge in [0, 0.05) is 23.5 Å². The van der Waals surface area contributed by atoms with Crippen molar-refractivity contribution in [3.63, 3.8) is 0 Å². The lowest BCUT2D eigenvalue weighted by Gasteiger charge is -2.12. The molecule has 6 heteroatoms. The molecule has 0 heterocycles. The molecule has 0 aliphatic rings. The predicted molar refractivity (Wildman–Crippen MR) is 102 cm³/mol. The smallest absolute Gasteiger partial charge is 0.338 e. The first kappa shape index (κ1) is 19.4. The summed E-state index contributed by atoms with van der Waals surface area (Å²) in [5, 5.41) is 13.8. The minimum Gasteiger partial charge on any atom is -0.462 e. The normalized spacial score (nSPS) is 11.6. The maximum absolute atomic E-state index is 12.1. The van der Waals surface area contributed by atoms with Gasteiger partial charge in [-0.2, -0.15) is 0 Å². The lowest BCUT2D eigenvalue weighted by atomic mass is 10.1. The molecule has 0 saturated heterocycles. The Hall–Kier alpha value is -2.89. The second-order valence-corrected chi connectivity index (χ2v) is 6.35. The SMILES string of the molecule is CCCCC(C)COC(=O)c1ccc(Nc2ccc([N+](=O)[O-])cc2)cc1. The number of non-ortho nitro benzene ring substituents is 1. The second kappa shape index (κ2) is 9.56. The van der Waals surface area contributed by atoms with Crippen molar-refractivity contribution in [1.29, 1.82) is 0 Å². The molecular formula is C20H24N2O4. The van der Waals surface area contributed by atoms with Gasteiger partial charge in [0.1, 0.15) is 0 Å². The minimum absolute atomic E-state index is 0.0433. The summed E-state index contributed by atoms with van der Waals surface area (Å²) in [4.78, 5) is 22.3. The molecule has 0 fully saturated rings. The van der Waals surface area contributed by atoms with Crippen LogP contribution in [-0.2, 0) is 4.74 Å². The van der Waals surface area contributed by atoms with E-state index in [-0.39, 0.29) is 11.7 Å². The van der Waals surface area contributed by atoms with Gasteiger partial charge in [0.2, 0.25) is 0 Å². The van der Waals surface area contributed by atoms with Crippen molar-refractivity contribution in [1.82, 2.24) is 0 Å². The molecular weight excluding hydrogens is 332 g/mol. The van der Waals surface area contributed by atoms with Crippen LogP contribution in [0.25, 0.3) is 0 Å². The number of rotatable bonds is 9. The van der Waals surface area contributed by atoms with Crippen LogP contribution in [0.4, 0.5) is 17.1 Å². The van der Waals surface area contributed by atoms with Crippen molar-refractivity contribution in [3.8, 4) is 0 Å². The average Bonchev–Trinajstić information content (AvgIpc) is 2.65. The third-order valence-electron chi connectivity index (χ3n) is 4.04. The molecule has 138 valence electrons. The van der Waals surface area contributed by atoms with Crippen LogP contribution in [0.5, 0.6) is 0 Å². The van der Waals surface area contributed by atoms with E-state index in [4.69, 9.17) is 4.74 Å². The van der Waals surface area contributed by atoms with Gasteiger partial charge in [-0.15, -0.1) is 0 Å². The van der Waals surface area contributed by atoms with Gasteiger partial charge >= 0.3 is 5.97 Å². The topological polar surface area (TPSA) is 81.5 Å². The lowest BCUT2D eigenvalue weighted by molar-refractivity contribution is -0.384. The van der Waals surface area contributed by atoms with Crippen LogP contribution >= 0.6 is 0 Å². The van der Waals surface area contributed by atoms with Crippen molar-refractivity contribution < 1.29 is 14.5 Å². The van der Waals surface area contributed by atoms with Crippen molar-refractivity contribution in [2.45, 2.75) is 33.1 Å². The summed E-state index contributed by atoms with van der Waals surface area (Å²) in [6.45, 7) is 4.66. The van der Waals surface area contributed by atoms with E-state index in [1.54, 1.807) is 36.4 Å². The summed E-state index contributed by atoms with van der Waals surface area (Å²) in [5.41, 5.74) is 2.06. The van der Waals surface area contributed by atoms with Crippen LogP contribution in [0.3, 0.4) is 0 Å². The Morgan fingerprint density at radius 1 is 1.12 bits per heavy atom. The van der Waals surface area contributed by atoms with E-state index in [2.05, 4.69) is 19.2 Å². The third-order valence-corrected chi connectivity index (χ3v) is 4.04. The summed E-state index contributed by atoms with van der Waals surface area (Å²) < 4.78 is 5.36. The Balaban J connectivity index is 1.89. The maximum Gasteiger partial charge on any atom is 0.338 e. The highest BCUT2D eigenvalue weighted by molar-refractivity contribution is 5.89. The standard InChI is InChI=1S/C20H24N2O4/c1-3-4-5-15(2)14-26-20(23)16-6-8-17(9-7-16)21-18-10-12-19(13-11-18)22(24)25/h6-13,15,21H,3-5,14H2,1-2H3. The van der Waals surface area contributed by atoms with E-state index < -0.39 is 4.92 Å². The zero-order valence-electron chi connectivity index (χ0n) is 15.1. The highest BCUT2D eigenvalue weighted by Gasteiger charge is 2.10. The number of unbranched alkanes of at least 4 members (excludes halogenated alkanes) is 1. The first-order chi connectivity index (χ1) is 12.5. The van der Waals surface area contributed by atoms with Gasteiger partial charge in [-0.1, -0.05) is 26.7 Å². The molecule has 0 spiro atoms. The maximum atomic E-state index is 12.1. The largest absolute Gasteiger partial charge is 0.462 e. The third kappa shape index (κ3) is 5.88. The predicted octanol–water partition coefficient (Wildman–Crippen LogP) is 5.32. The van der Waals surface area contributed by atoms with Crippen LogP contribution in [0.2, 0.25) is 0 Å². The molecule has 0 aliphatic carbocycles.